The van der Waals surface area contributed by atoms with Crippen LogP contribution in [0.15, 0.2) is 54.6 Å². The topological polar surface area (TPSA) is 111 Å². The Morgan fingerprint density at radius 2 is 1.84 bits per heavy atom. The molecule has 1 saturated carbocycles. The van der Waals surface area contributed by atoms with Crippen molar-refractivity contribution in [3.05, 3.63) is 82.8 Å². The van der Waals surface area contributed by atoms with Crippen LogP contribution < -0.4 is 16.8 Å². The molecule has 3 aromatic rings. The number of nitrogens with zero attached hydrogens (tertiary/aromatic N) is 1. The van der Waals surface area contributed by atoms with Crippen LogP contribution in [-0.2, 0) is 29.0 Å². The zero-order valence-electron chi connectivity index (χ0n) is 22.2. The summed E-state index contributed by atoms with van der Waals surface area (Å²) in [7, 11) is 0. The first-order valence-corrected chi connectivity index (χ1v) is 13.4. The van der Waals surface area contributed by atoms with Gasteiger partial charge < -0.3 is 16.8 Å². The number of nitrogens with one attached hydrogen (secondary N) is 1. The minimum absolute atomic E-state index is 0.0168. The number of aromatic nitrogens is 1. The molecule has 0 bridgehead atoms. The normalized spacial score (nSPS) is 17.8. The van der Waals surface area contributed by atoms with Gasteiger partial charge in [0.1, 0.15) is 11.6 Å². The molecule has 0 saturated heterocycles. The van der Waals surface area contributed by atoms with Gasteiger partial charge in [0.25, 0.3) is 0 Å². The van der Waals surface area contributed by atoms with E-state index in [0.29, 0.717) is 24.6 Å². The van der Waals surface area contributed by atoms with Gasteiger partial charge in [0.05, 0.1) is 6.04 Å². The fourth-order valence-corrected chi connectivity index (χ4v) is 5.42. The minimum atomic E-state index is -0.513. The molecular weight excluding hydrogens is 479 g/mol. The summed E-state index contributed by atoms with van der Waals surface area (Å²) in [5.74, 6) is 0.535. The molecule has 6 nitrogen and oxygen atoms in total. The highest BCUT2D eigenvalue weighted by atomic mass is 19.1. The van der Waals surface area contributed by atoms with E-state index in [4.69, 9.17) is 11.5 Å². The monoisotopic (exact) mass is 516 g/mol. The molecule has 1 aliphatic rings. The summed E-state index contributed by atoms with van der Waals surface area (Å²) >= 11 is 0. The second-order valence-electron chi connectivity index (χ2n) is 10.5. The molecule has 7 heteroatoms. The van der Waals surface area contributed by atoms with Gasteiger partial charge in [-0.25, -0.2) is 9.37 Å². The van der Waals surface area contributed by atoms with Crippen molar-refractivity contribution in [3.8, 4) is 11.1 Å². The van der Waals surface area contributed by atoms with Gasteiger partial charge in [-0.2, -0.15) is 0 Å². The second-order valence-corrected chi connectivity index (χ2v) is 10.5. The maximum atomic E-state index is 13.6. The van der Waals surface area contributed by atoms with Gasteiger partial charge in [0, 0.05) is 24.6 Å². The lowest BCUT2D eigenvalue weighted by atomic mass is 9.93. The number of pyridine rings is 1. The Labute approximate surface area is 224 Å². The number of nitrogen functional groups attached to an aromatic ring is 1. The quantitative estimate of drug-likeness (QED) is 0.355. The van der Waals surface area contributed by atoms with Gasteiger partial charge in [-0.15, -0.1) is 0 Å². The van der Waals surface area contributed by atoms with Crippen LogP contribution in [0.4, 0.5) is 10.2 Å². The number of hydrogen-bond acceptors (Lipinski definition) is 5. The van der Waals surface area contributed by atoms with Gasteiger partial charge in [-0.3, -0.25) is 9.59 Å². The molecule has 1 fully saturated rings. The summed E-state index contributed by atoms with van der Waals surface area (Å²) < 4.78 is 13.6. The fourth-order valence-electron chi connectivity index (χ4n) is 5.42. The highest BCUT2D eigenvalue weighted by Crippen LogP contribution is 2.34. The summed E-state index contributed by atoms with van der Waals surface area (Å²) in [6.45, 7) is 3.93. The largest absolute Gasteiger partial charge is 0.384 e. The third-order valence-electron chi connectivity index (χ3n) is 7.69. The number of carbonyl (C=O) groups excluding carboxylic acids is 2. The standard InChI is InChI=1S/C31H37FN4O2/c1-19-23(10-14-30(34)35-19)9-13-29(37)20(2)36-31(38)25-8-5-22(16-25)15-21-3-6-24(7-4-21)28-12-11-27(32)17-26(28)18-33/h3-4,6-7,10-12,14,17,20,22,25H,5,8-9,13,15-16,18,33H2,1-2H3,(H2,34,35)(H,36,38)/t20-,22-,25+/m0/s1. The van der Waals surface area contributed by atoms with E-state index in [0.717, 1.165) is 53.6 Å². The molecule has 2 aromatic carbocycles. The fraction of sp³-hybridized carbons (Fsp3) is 0.387. The summed E-state index contributed by atoms with van der Waals surface area (Å²) in [5, 5.41) is 2.95. The molecule has 1 aliphatic carbocycles. The van der Waals surface area contributed by atoms with E-state index in [1.807, 2.05) is 13.0 Å². The molecule has 0 unspecified atom stereocenters. The van der Waals surface area contributed by atoms with Gasteiger partial charge in [-0.05, 0) is 97.9 Å². The van der Waals surface area contributed by atoms with E-state index in [1.165, 1.54) is 17.7 Å². The van der Waals surface area contributed by atoms with Crippen LogP contribution in [-0.4, -0.2) is 22.7 Å². The first kappa shape index (κ1) is 27.5. The SMILES string of the molecule is Cc1nc(N)ccc1CCC(=O)[C@H](C)NC(=O)[C@@H]1CC[C@@H](Cc2ccc(-c3ccc(F)cc3CN)cc2)C1. The molecule has 4 rings (SSSR count). The molecule has 1 aromatic heterocycles. The number of anilines is 1. The lowest BCUT2D eigenvalue weighted by Gasteiger charge is -2.17. The number of amides is 1. The van der Waals surface area contributed by atoms with Crippen LogP contribution in [0.5, 0.6) is 0 Å². The van der Waals surface area contributed by atoms with Gasteiger partial charge in [-0.1, -0.05) is 36.4 Å². The van der Waals surface area contributed by atoms with Crippen molar-refractivity contribution < 1.29 is 14.0 Å². The molecule has 200 valence electrons. The molecule has 0 spiro atoms. The molecule has 0 aliphatic heterocycles. The molecule has 38 heavy (non-hydrogen) atoms. The Hall–Kier alpha value is -3.58. The number of ketones is 1. The lowest BCUT2D eigenvalue weighted by Crippen LogP contribution is -2.41. The van der Waals surface area contributed by atoms with E-state index in [2.05, 4.69) is 34.6 Å². The first-order valence-electron chi connectivity index (χ1n) is 13.4. The number of halogens is 1. The summed E-state index contributed by atoms with van der Waals surface area (Å²) in [4.78, 5) is 29.8. The van der Waals surface area contributed by atoms with Crippen molar-refractivity contribution in [2.24, 2.45) is 17.6 Å². The number of carbonyl (C=O) groups is 2. The number of nitrogens with two attached hydrogens (primary N) is 2. The zero-order chi connectivity index (χ0) is 27.2. The van der Waals surface area contributed by atoms with E-state index < -0.39 is 6.04 Å². The van der Waals surface area contributed by atoms with E-state index in [1.54, 1.807) is 19.1 Å². The number of benzene rings is 2. The minimum Gasteiger partial charge on any atom is -0.384 e. The average molecular weight is 517 g/mol. The maximum absolute atomic E-state index is 13.6. The van der Waals surface area contributed by atoms with Crippen molar-refractivity contribution in [2.75, 3.05) is 5.73 Å². The summed E-state index contributed by atoms with van der Waals surface area (Å²) in [6, 6.07) is 16.2. The van der Waals surface area contributed by atoms with E-state index in [-0.39, 0.29) is 30.0 Å². The van der Waals surface area contributed by atoms with Gasteiger partial charge in [0.2, 0.25) is 5.91 Å². The number of aryl methyl sites for hydroxylation is 2. The van der Waals surface area contributed by atoms with Crippen molar-refractivity contribution >= 4 is 17.5 Å². The smallest absolute Gasteiger partial charge is 0.223 e. The Kier molecular flexibility index (Phi) is 8.89. The van der Waals surface area contributed by atoms with Crippen molar-refractivity contribution in [2.45, 2.75) is 65.0 Å². The number of hydrogen-bond donors (Lipinski definition) is 3. The van der Waals surface area contributed by atoms with Crippen molar-refractivity contribution in [1.29, 1.82) is 0 Å². The van der Waals surface area contributed by atoms with Crippen LogP contribution in [0.3, 0.4) is 0 Å². The predicted octanol–water partition coefficient (Wildman–Crippen LogP) is 4.90. The van der Waals surface area contributed by atoms with Crippen LogP contribution in [0.25, 0.3) is 11.1 Å². The highest BCUT2D eigenvalue weighted by molar-refractivity contribution is 5.89. The van der Waals surface area contributed by atoms with Crippen LogP contribution in [0, 0.1) is 24.6 Å². The van der Waals surface area contributed by atoms with E-state index in [9.17, 15) is 14.0 Å². The van der Waals surface area contributed by atoms with Crippen LogP contribution in [0.2, 0.25) is 0 Å². The Bertz CT molecular complexity index is 1290. The molecular formula is C31H37FN4O2. The van der Waals surface area contributed by atoms with Crippen molar-refractivity contribution in [3.63, 3.8) is 0 Å². The molecule has 1 amide bonds. The van der Waals surface area contributed by atoms with Gasteiger partial charge >= 0.3 is 0 Å². The summed E-state index contributed by atoms with van der Waals surface area (Å²) in [6.07, 6.45) is 4.47. The Morgan fingerprint density at radius 3 is 2.55 bits per heavy atom. The van der Waals surface area contributed by atoms with Crippen LogP contribution in [0.1, 0.15) is 55.0 Å². The number of rotatable bonds is 10. The highest BCUT2D eigenvalue weighted by Gasteiger charge is 2.31. The molecule has 5 N–H and O–H groups in total. The third-order valence-corrected chi connectivity index (χ3v) is 7.69. The average Bonchev–Trinajstić information content (AvgIpc) is 3.37. The third kappa shape index (κ3) is 6.84. The Balaban J connectivity index is 1.25. The van der Waals surface area contributed by atoms with Gasteiger partial charge in [0.15, 0.2) is 5.78 Å². The first-order chi connectivity index (χ1) is 18.2. The van der Waals surface area contributed by atoms with E-state index >= 15 is 0 Å². The zero-order valence-corrected chi connectivity index (χ0v) is 22.2. The predicted molar refractivity (Wildman–Crippen MR) is 149 cm³/mol. The molecule has 3 atom stereocenters. The lowest BCUT2D eigenvalue weighted by molar-refractivity contribution is -0.129. The number of Topliss-reactive ketones (excluding diaryl/α,β-unsaturated/α-hetero) is 1. The maximum Gasteiger partial charge on any atom is 0.223 e. The van der Waals surface area contributed by atoms with Crippen molar-refractivity contribution in [1.82, 2.24) is 10.3 Å². The van der Waals surface area contributed by atoms with Crippen LogP contribution >= 0.6 is 0 Å². The molecule has 1 heterocycles. The summed E-state index contributed by atoms with van der Waals surface area (Å²) in [5.41, 5.74) is 17.3. The molecule has 0 radical (unpaired) electrons. The second kappa shape index (κ2) is 12.3. The Morgan fingerprint density at radius 1 is 1.08 bits per heavy atom.